The van der Waals surface area contributed by atoms with E-state index in [1.54, 1.807) is 6.07 Å². The number of amides is 1. The normalized spacial score (nSPS) is 27.0. The Bertz CT molecular complexity index is 567. The fraction of sp³-hybridized carbons (Fsp3) is 0.588. The van der Waals surface area contributed by atoms with Crippen LogP contribution in [0, 0.1) is 5.92 Å². The lowest BCUT2D eigenvalue weighted by Crippen LogP contribution is -2.27. The van der Waals surface area contributed by atoms with Gasteiger partial charge in [-0.2, -0.15) is 13.2 Å². The van der Waals surface area contributed by atoms with Gasteiger partial charge in [-0.25, -0.2) is 0 Å². The molecule has 1 heterocycles. The zero-order valence-corrected chi connectivity index (χ0v) is 12.8. The van der Waals surface area contributed by atoms with Gasteiger partial charge < -0.3 is 10.6 Å². The second kappa shape index (κ2) is 6.51. The lowest BCUT2D eigenvalue weighted by molar-refractivity contribution is -0.138. The van der Waals surface area contributed by atoms with Crippen LogP contribution < -0.4 is 10.6 Å². The van der Waals surface area contributed by atoms with Crippen LogP contribution in [0.25, 0.3) is 0 Å². The summed E-state index contributed by atoms with van der Waals surface area (Å²) in [7, 11) is 0. The molecular weight excluding hydrogens is 305 g/mol. The van der Waals surface area contributed by atoms with Crippen molar-refractivity contribution in [2.24, 2.45) is 5.92 Å². The van der Waals surface area contributed by atoms with Gasteiger partial charge in [-0.3, -0.25) is 4.79 Å². The summed E-state index contributed by atoms with van der Waals surface area (Å²) in [6, 6.07) is 5.49. The first kappa shape index (κ1) is 16.3. The first-order valence-electron chi connectivity index (χ1n) is 8.11. The Hall–Kier alpha value is -1.56. The van der Waals surface area contributed by atoms with Gasteiger partial charge in [-0.1, -0.05) is 18.2 Å². The summed E-state index contributed by atoms with van der Waals surface area (Å²) in [5, 5.41) is 6.14. The Morgan fingerprint density at radius 1 is 1.30 bits per heavy atom. The number of rotatable bonds is 5. The fourth-order valence-corrected chi connectivity index (χ4v) is 3.35. The minimum absolute atomic E-state index is 0.0473. The highest BCUT2D eigenvalue weighted by Crippen LogP contribution is 2.46. The van der Waals surface area contributed by atoms with E-state index in [4.69, 9.17) is 0 Å². The van der Waals surface area contributed by atoms with Crippen molar-refractivity contribution in [2.45, 2.75) is 43.8 Å². The molecule has 3 rings (SSSR count). The standard InChI is InChI=1S/C17H21F3N2O/c18-17(19,20)14-4-2-1-3-12(14)13-9-15(13)22-16(23)6-5-11-7-8-21-10-11/h1-4,11,13,15,21H,5-10H2,(H,22,23). The molecule has 2 aliphatic rings. The molecule has 3 atom stereocenters. The number of nitrogens with one attached hydrogen (secondary N) is 2. The van der Waals surface area contributed by atoms with Crippen LogP contribution in [0.15, 0.2) is 24.3 Å². The number of carbonyl (C=O) groups is 1. The van der Waals surface area contributed by atoms with Gasteiger partial charge in [-0.05, 0) is 49.9 Å². The Morgan fingerprint density at radius 2 is 2.09 bits per heavy atom. The molecule has 3 unspecified atom stereocenters. The van der Waals surface area contributed by atoms with Crippen molar-refractivity contribution in [1.82, 2.24) is 10.6 Å². The van der Waals surface area contributed by atoms with Crippen LogP contribution in [-0.2, 0) is 11.0 Å². The van der Waals surface area contributed by atoms with Gasteiger partial charge in [0.1, 0.15) is 0 Å². The van der Waals surface area contributed by atoms with Crippen molar-refractivity contribution in [3.8, 4) is 0 Å². The van der Waals surface area contributed by atoms with Crippen LogP contribution in [0.4, 0.5) is 13.2 Å². The molecule has 1 saturated carbocycles. The van der Waals surface area contributed by atoms with Gasteiger partial charge in [0.2, 0.25) is 5.91 Å². The summed E-state index contributed by atoms with van der Waals surface area (Å²) in [4.78, 5) is 12.0. The lowest BCUT2D eigenvalue weighted by atomic mass is 10.0. The minimum atomic E-state index is -4.34. The third-order valence-electron chi connectivity index (χ3n) is 4.74. The van der Waals surface area contributed by atoms with Crippen LogP contribution in [0.1, 0.15) is 42.7 Å². The Morgan fingerprint density at radius 3 is 2.78 bits per heavy atom. The molecule has 1 aliphatic carbocycles. The molecule has 2 fully saturated rings. The maximum absolute atomic E-state index is 13.0. The predicted octanol–water partition coefficient (Wildman–Crippen LogP) is 3.07. The number of carbonyl (C=O) groups excluding carboxylic acids is 1. The zero-order chi connectivity index (χ0) is 16.4. The molecule has 2 N–H and O–H groups in total. The van der Waals surface area contributed by atoms with E-state index in [0.29, 0.717) is 24.3 Å². The van der Waals surface area contributed by atoms with E-state index in [2.05, 4.69) is 10.6 Å². The monoisotopic (exact) mass is 326 g/mol. The smallest absolute Gasteiger partial charge is 0.353 e. The lowest BCUT2D eigenvalue weighted by Gasteiger charge is -2.13. The first-order valence-corrected chi connectivity index (χ1v) is 8.11. The van der Waals surface area contributed by atoms with Crippen molar-refractivity contribution in [3.63, 3.8) is 0 Å². The van der Waals surface area contributed by atoms with Crippen LogP contribution in [0.5, 0.6) is 0 Å². The summed E-state index contributed by atoms with van der Waals surface area (Å²) in [5.74, 6) is 0.278. The molecule has 0 spiro atoms. The van der Waals surface area contributed by atoms with Gasteiger partial charge in [0.05, 0.1) is 5.56 Å². The molecule has 1 aromatic rings. The summed E-state index contributed by atoms with van der Waals surface area (Å²) < 4.78 is 39.1. The van der Waals surface area contributed by atoms with Crippen LogP contribution in [0.2, 0.25) is 0 Å². The molecule has 1 aliphatic heterocycles. The molecule has 0 aromatic heterocycles. The topological polar surface area (TPSA) is 41.1 Å². The van der Waals surface area contributed by atoms with E-state index < -0.39 is 11.7 Å². The number of hydrogen-bond donors (Lipinski definition) is 2. The maximum atomic E-state index is 13.0. The predicted molar refractivity (Wildman–Crippen MR) is 80.9 cm³/mol. The van der Waals surface area contributed by atoms with E-state index in [9.17, 15) is 18.0 Å². The third-order valence-corrected chi connectivity index (χ3v) is 4.74. The van der Waals surface area contributed by atoms with Crippen molar-refractivity contribution in [1.29, 1.82) is 0 Å². The highest BCUT2D eigenvalue weighted by atomic mass is 19.4. The summed E-state index contributed by atoms with van der Waals surface area (Å²) in [5.41, 5.74) is -0.288. The SMILES string of the molecule is O=C(CCC1CCNC1)NC1CC1c1ccccc1C(F)(F)F. The number of benzene rings is 1. The number of halogens is 3. The molecule has 1 aromatic carbocycles. The van der Waals surface area contributed by atoms with Gasteiger partial charge in [0, 0.05) is 18.4 Å². The molecule has 126 valence electrons. The van der Waals surface area contributed by atoms with Crippen molar-refractivity contribution in [2.75, 3.05) is 13.1 Å². The Kier molecular flexibility index (Phi) is 4.62. The van der Waals surface area contributed by atoms with Crippen LogP contribution in [-0.4, -0.2) is 25.0 Å². The second-order valence-corrected chi connectivity index (χ2v) is 6.50. The largest absolute Gasteiger partial charge is 0.416 e. The van der Waals surface area contributed by atoms with Crippen molar-refractivity contribution >= 4 is 5.91 Å². The molecule has 0 bridgehead atoms. The quantitative estimate of drug-likeness (QED) is 0.873. The maximum Gasteiger partial charge on any atom is 0.416 e. The molecule has 3 nitrogen and oxygen atoms in total. The number of hydrogen-bond acceptors (Lipinski definition) is 2. The highest BCUT2D eigenvalue weighted by molar-refractivity contribution is 5.76. The third kappa shape index (κ3) is 4.05. The molecular formula is C17H21F3N2O. The first-order chi connectivity index (χ1) is 10.9. The minimum Gasteiger partial charge on any atom is -0.353 e. The van der Waals surface area contributed by atoms with E-state index in [1.165, 1.54) is 12.1 Å². The molecule has 1 saturated heterocycles. The zero-order valence-electron chi connectivity index (χ0n) is 12.8. The summed E-state index contributed by atoms with van der Waals surface area (Å²) >= 11 is 0. The average Bonchev–Trinajstić information content (AvgIpc) is 3.06. The van der Waals surface area contributed by atoms with E-state index in [1.807, 2.05) is 0 Å². The van der Waals surface area contributed by atoms with Gasteiger partial charge in [0.15, 0.2) is 0 Å². The fourth-order valence-electron chi connectivity index (χ4n) is 3.35. The molecule has 23 heavy (non-hydrogen) atoms. The van der Waals surface area contributed by atoms with Gasteiger partial charge >= 0.3 is 6.18 Å². The van der Waals surface area contributed by atoms with Crippen LogP contribution >= 0.6 is 0 Å². The van der Waals surface area contributed by atoms with E-state index in [-0.39, 0.29) is 17.9 Å². The number of alkyl halides is 3. The average molecular weight is 326 g/mol. The van der Waals surface area contributed by atoms with Crippen LogP contribution in [0.3, 0.4) is 0 Å². The molecule has 0 radical (unpaired) electrons. The van der Waals surface area contributed by atoms with Gasteiger partial charge in [-0.15, -0.1) is 0 Å². The van der Waals surface area contributed by atoms with E-state index >= 15 is 0 Å². The van der Waals surface area contributed by atoms with E-state index in [0.717, 1.165) is 32.0 Å². The Balaban J connectivity index is 1.52. The van der Waals surface area contributed by atoms with Gasteiger partial charge in [0.25, 0.3) is 0 Å². The molecule has 6 heteroatoms. The van der Waals surface area contributed by atoms with Crippen molar-refractivity contribution in [3.05, 3.63) is 35.4 Å². The summed E-state index contributed by atoms with van der Waals surface area (Å²) in [6.45, 7) is 1.96. The Labute approximate surface area is 133 Å². The van der Waals surface area contributed by atoms with Crippen molar-refractivity contribution < 1.29 is 18.0 Å². The molecule has 1 amide bonds. The highest BCUT2D eigenvalue weighted by Gasteiger charge is 2.44. The second-order valence-electron chi connectivity index (χ2n) is 6.50. The summed E-state index contributed by atoms with van der Waals surface area (Å²) in [6.07, 6.45) is -1.36.